The highest BCUT2D eigenvalue weighted by Crippen LogP contribution is 2.18. The van der Waals surface area contributed by atoms with Crippen LogP contribution in [0.4, 0.5) is 5.82 Å². The second-order valence-corrected chi connectivity index (χ2v) is 6.71. The van der Waals surface area contributed by atoms with Gasteiger partial charge in [-0.3, -0.25) is 9.78 Å². The summed E-state index contributed by atoms with van der Waals surface area (Å²) < 4.78 is 1.52. The summed E-state index contributed by atoms with van der Waals surface area (Å²) in [7, 11) is 0. The van der Waals surface area contributed by atoms with E-state index >= 15 is 0 Å². The van der Waals surface area contributed by atoms with Crippen LogP contribution in [-0.4, -0.2) is 72.5 Å². The molecule has 4 heterocycles. The molecule has 146 valence electrons. The standard InChI is InChI=1S/C18H21N7O3/c26-6-2-12-7-21-17-13(8-22-25(17)10-12)18(28)23-14-1-5-24(11-15(14)27)16-9-19-3-4-20-16/h3-4,7-10,14-15,26-27H,1-2,5-6,11H2,(H,23,28)/t14-,15-/m1/s1. The quantitative estimate of drug-likeness (QED) is 0.534. The van der Waals surface area contributed by atoms with Crippen LogP contribution in [0.15, 0.2) is 37.2 Å². The molecule has 28 heavy (non-hydrogen) atoms. The largest absolute Gasteiger partial charge is 0.396 e. The zero-order valence-corrected chi connectivity index (χ0v) is 15.1. The minimum absolute atomic E-state index is 0.0208. The topological polar surface area (TPSA) is 129 Å². The normalized spacial score (nSPS) is 19.7. The Morgan fingerprint density at radius 1 is 1.25 bits per heavy atom. The van der Waals surface area contributed by atoms with Gasteiger partial charge >= 0.3 is 0 Å². The molecule has 2 atom stereocenters. The molecule has 3 aromatic heterocycles. The maximum Gasteiger partial charge on any atom is 0.257 e. The molecule has 10 heteroatoms. The number of carbonyl (C=O) groups excluding carboxylic acids is 1. The Bertz CT molecular complexity index is 962. The van der Waals surface area contributed by atoms with Crippen molar-refractivity contribution in [1.29, 1.82) is 0 Å². The minimum atomic E-state index is -0.731. The van der Waals surface area contributed by atoms with Crippen molar-refractivity contribution in [2.24, 2.45) is 0 Å². The number of hydrogen-bond acceptors (Lipinski definition) is 8. The van der Waals surface area contributed by atoms with Gasteiger partial charge < -0.3 is 20.4 Å². The zero-order valence-electron chi connectivity index (χ0n) is 15.1. The summed E-state index contributed by atoms with van der Waals surface area (Å²) in [6.45, 7) is 1.03. The monoisotopic (exact) mass is 383 g/mol. The van der Waals surface area contributed by atoms with E-state index in [4.69, 9.17) is 5.11 Å². The third-order valence-electron chi connectivity index (χ3n) is 4.83. The van der Waals surface area contributed by atoms with E-state index in [1.54, 1.807) is 31.0 Å². The maximum absolute atomic E-state index is 12.7. The highest BCUT2D eigenvalue weighted by molar-refractivity contribution is 5.99. The van der Waals surface area contributed by atoms with Crippen molar-refractivity contribution in [3.8, 4) is 0 Å². The maximum atomic E-state index is 12.7. The SMILES string of the molecule is O=C(N[C@@H]1CCN(c2cnccn2)C[C@H]1O)c1cnn2cc(CCO)cnc12. The number of carbonyl (C=O) groups is 1. The molecule has 0 saturated carbocycles. The van der Waals surface area contributed by atoms with E-state index in [2.05, 4.69) is 25.4 Å². The van der Waals surface area contributed by atoms with Crippen LogP contribution in [0.5, 0.6) is 0 Å². The Morgan fingerprint density at radius 2 is 2.14 bits per heavy atom. The van der Waals surface area contributed by atoms with Crippen LogP contribution in [0.3, 0.4) is 0 Å². The number of piperidine rings is 1. The van der Waals surface area contributed by atoms with Gasteiger partial charge in [-0.25, -0.2) is 14.5 Å². The first-order valence-electron chi connectivity index (χ1n) is 9.08. The number of aliphatic hydroxyl groups is 2. The van der Waals surface area contributed by atoms with Gasteiger partial charge in [-0.2, -0.15) is 5.10 Å². The number of β-amino-alcohol motifs (C(OH)–C–C–N with tert-alkyl or cyclic N) is 1. The number of anilines is 1. The molecule has 1 aliphatic heterocycles. The molecule has 4 rings (SSSR count). The van der Waals surface area contributed by atoms with Gasteiger partial charge in [0.1, 0.15) is 11.4 Å². The first kappa shape index (κ1) is 18.3. The predicted molar refractivity (Wildman–Crippen MR) is 99.9 cm³/mol. The van der Waals surface area contributed by atoms with Crippen molar-refractivity contribution in [3.63, 3.8) is 0 Å². The van der Waals surface area contributed by atoms with E-state index in [0.717, 1.165) is 5.56 Å². The molecule has 0 aromatic carbocycles. The van der Waals surface area contributed by atoms with E-state index in [0.29, 0.717) is 43.0 Å². The summed E-state index contributed by atoms with van der Waals surface area (Å²) in [6, 6.07) is -0.371. The number of aromatic nitrogens is 5. The number of fused-ring (bicyclic) bond motifs is 1. The van der Waals surface area contributed by atoms with Gasteiger partial charge in [0.15, 0.2) is 5.65 Å². The molecule has 3 N–H and O–H groups in total. The number of hydrogen-bond donors (Lipinski definition) is 3. The van der Waals surface area contributed by atoms with Gasteiger partial charge in [-0.05, 0) is 18.4 Å². The van der Waals surface area contributed by atoms with Crippen molar-refractivity contribution in [2.45, 2.75) is 25.0 Å². The molecule has 0 unspecified atom stereocenters. The van der Waals surface area contributed by atoms with Crippen molar-refractivity contribution >= 4 is 17.4 Å². The highest BCUT2D eigenvalue weighted by Gasteiger charge is 2.30. The molecule has 0 aliphatic carbocycles. The first-order valence-corrected chi connectivity index (χ1v) is 9.08. The molecule has 0 bridgehead atoms. The van der Waals surface area contributed by atoms with Crippen LogP contribution >= 0.6 is 0 Å². The van der Waals surface area contributed by atoms with Gasteiger partial charge in [-0.15, -0.1) is 0 Å². The van der Waals surface area contributed by atoms with Gasteiger partial charge in [0.05, 0.1) is 24.5 Å². The Morgan fingerprint density at radius 3 is 2.89 bits per heavy atom. The lowest BCUT2D eigenvalue weighted by molar-refractivity contribution is 0.0799. The van der Waals surface area contributed by atoms with Crippen LogP contribution in [0, 0.1) is 0 Å². The third-order valence-corrected chi connectivity index (χ3v) is 4.83. The number of amides is 1. The fourth-order valence-electron chi connectivity index (χ4n) is 3.34. The third kappa shape index (κ3) is 3.64. The Kier molecular flexibility index (Phi) is 5.13. The molecule has 1 saturated heterocycles. The molecular weight excluding hydrogens is 362 g/mol. The zero-order chi connectivity index (χ0) is 19.5. The van der Waals surface area contributed by atoms with Crippen LogP contribution in [0.1, 0.15) is 22.3 Å². The van der Waals surface area contributed by atoms with E-state index < -0.39 is 6.10 Å². The van der Waals surface area contributed by atoms with Gasteiger partial charge in [0, 0.05) is 44.5 Å². The number of rotatable bonds is 5. The van der Waals surface area contributed by atoms with Crippen molar-refractivity contribution < 1.29 is 15.0 Å². The first-order chi connectivity index (χ1) is 13.7. The van der Waals surface area contributed by atoms with Crippen molar-refractivity contribution in [1.82, 2.24) is 29.9 Å². The van der Waals surface area contributed by atoms with Gasteiger partial charge in [0.25, 0.3) is 5.91 Å². The van der Waals surface area contributed by atoms with E-state index in [9.17, 15) is 9.90 Å². The summed E-state index contributed by atoms with van der Waals surface area (Å²) in [4.78, 5) is 27.2. The fourth-order valence-corrected chi connectivity index (χ4v) is 3.34. The highest BCUT2D eigenvalue weighted by atomic mass is 16.3. The molecule has 10 nitrogen and oxygen atoms in total. The molecule has 0 radical (unpaired) electrons. The van der Waals surface area contributed by atoms with Crippen molar-refractivity contribution in [2.75, 3.05) is 24.6 Å². The number of nitrogens with one attached hydrogen (secondary N) is 1. The van der Waals surface area contributed by atoms with Crippen LogP contribution < -0.4 is 10.2 Å². The molecule has 1 fully saturated rings. The second kappa shape index (κ2) is 7.87. The van der Waals surface area contributed by atoms with Crippen LogP contribution in [-0.2, 0) is 6.42 Å². The summed E-state index contributed by atoms with van der Waals surface area (Å²) in [5.41, 5.74) is 1.61. The van der Waals surface area contributed by atoms with Crippen LogP contribution in [0.2, 0.25) is 0 Å². The predicted octanol–water partition coefficient (Wildman–Crippen LogP) is -0.576. The molecule has 1 amide bonds. The van der Waals surface area contributed by atoms with Crippen molar-refractivity contribution in [3.05, 3.63) is 48.3 Å². The summed E-state index contributed by atoms with van der Waals surface area (Å²) in [6.07, 6.45) is 10.0. The average Bonchev–Trinajstić information content (AvgIpc) is 3.14. The molecule has 3 aromatic rings. The Hall–Kier alpha value is -3.11. The Balaban J connectivity index is 1.43. The molecular formula is C18H21N7O3. The van der Waals surface area contributed by atoms with E-state index in [1.165, 1.54) is 10.7 Å². The van der Waals surface area contributed by atoms with E-state index in [1.807, 2.05) is 4.90 Å². The minimum Gasteiger partial charge on any atom is -0.396 e. The lowest BCUT2D eigenvalue weighted by Crippen LogP contribution is -2.54. The number of aliphatic hydroxyl groups excluding tert-OH is 2. The van der Waals surface area contributed by atoms with Gasteiger partial charge in [-0.1, -0.05) is 0 Å². The smallest absolute Gasteiger partial charge is 0.257 e. The average molecular weight is 383 g/mol. The van der Waals surface area contributed by atoms with E-state index in [-0.39, 0.29) is 18.6 Å². The molecule has 1 aliphatic rings. The van der Waals surface area contributed by atoms with Gasteiger partial charge in [0.2, 0.25) is 0 Å². The second-order valence-electron chi connectivity index (χ2n) is 6.71. The lowest BCUT2D eigenvalue weighted by Gasteiger charge is -2.36. The fraction of sp³-hybridized carbons (Fsp3) is 0.389. The summed E-state index contributed by atoms with van der Waals surface area (Å²) in [5, 5.41) is 26.6. The number of nitrogens with zero attached hydrogens (tertiary/aromatic N) is 6. The summed E-state index contributed by atoms with van der Waals surface area (Å²) >= 11 is 0. The van der Waals surface area contributed by atoms with Crippen LogP contribution in [0.25, 0.3) is 5.65 Å². The molecule has 0 spiro atoms. The lowest BCUT2D eigenvalue weighted by atomic mass is 10.0. The summed E-state index contributed by atoms with van der Waals surface area (Å²) in [5.74, 6) is 0.381. The Labute approximate surface area is 160 Å².